The van der Waals surface area contributed by atoms with Crippen molar-refractivity contribution in [1.29, 1.82) is 0 Å². The Morgan fingerprint density at radius 2 is 1.55 bits per heavy atom. The number of nitrogens with zero attached hydrogens (tertiary/aromatic N) is 1. The zero-order valence-electron chi connectivity index (χ0n) is 21.9. The van der Waals surface area contributed by atoms with Gasteiger partial charge in [-0.25, -0.2) is 4.79 Å². The molecule has 1 atom stereocenters. The van der Waals surface area contributed by atoms with E-state index in [1.165, 1.54) is 0 Å². The van der Waals surface area contributed by atoms with Crippen molar-refractivity contribution in [3.05, 3.63) is 34.9 Å². The summed E-state index contributed by atoms with van der Waals surface area (Å²) in [4.78, 5) is 40.5. The SMILES string of the molecule is CCCCCN(C(=O)CNC(=O)OC(C)(C)C)C(C(=O)NC(C)(C)C)c1cc(C)cc(C)c1. The Morgan fingerprint density at radius 3 is 2.03 bits per heavy atom. The predicted octanol–water partition coefficient (Wildman–Crippen LogP) is 4.80. The summed E-state index contributed by atoms with van der Waals surface area (Å²) in [7, 11) is 0. The molecule has 1 aromatic carbocycles. The van der Waals surface area contributed by atoms with Gasteiger partial charge in [0.05, 0.1) is 0 Å². The summed E-state index contributed by atoms with van der Waals surface area (Å²) in [5.74, 6) is -0.570. The van der Waals surface area contributed by atoms with Crippen LogP contribution in [-0.2, 0) is 14.3 Å². The summed E-state index contributed by atoms with van der Waals surface area (Å²) in [6.07, 6.45) is 2.02. The number of alkyl carbamates (subject to hydrolysis) is 1. The van der Waals surface area contributed by atoms with Crippen molar-refractivity contribution in [3.8, 4) is 0 Å². The van der Waals surface area contributed by atoms with E-state index in [2.05, 4.69) is 17.6 Å². The van der Waals surface area contributed by atoms with Crippen LogP contribution in [0.3, 0.4) is 0 Å². The van der Waals surface area contributed by atoms with E-state index in [9.17, 15) is 14.4 Å². The van der Waals surface area contributed by atoms with Crippen molar-refractivity contribution < 1.29 is 19.1 Å². The van der Waals surface area contributed by atoms with Crippen LogP contribution in [0.2, 0.25) is 0 Å². The molecule has 0 saturated heterocycles. The number of aryl methyl sites for hydroxylation is 2. The third-order valence-corrected chi connectivity index (χ3v) is 4.72. The van der Waals surface area contributed by atoms with E-state index >= 15 is 0 Å². The standard InChI is InChI=1S/C26H43N3O4/c1-10-11-12-13-29(21(30)17-27-24(32)33-26(7,8)9)22(23(31)28-25(4,5)6)20-15-18(2)14-19(3)16-20/h14-16,22H,10-13,17H2,1-9H3,(H,27,32)(H,28,31). The largest absolute Gasteiger partial charge is 0.444 e. The number of hydrogen-bond donors (Lipinski definition) is 2. The number of carbonyl (C=O) groups excluding carboxylic acids is 3. The van der Waals surface area contributed by atoms with Gasteiger partial charge in [0, 0.05) is 12.1 Å². The van der Waals surface area contributed by atoms with E-state index in [-0.39, 0.29) is 18.4 Å². The van der Waals surface area contributed by atoms with Crippen molar-refractivity contribution in [3.63, 3.8) is 0 Å². The first-order chi connectivity index (χ1) is 15.1. The van der Waals surface area contributed by atoms with Gasteiger partial charge in [-0.1, -0.05) is 49.1 Å². The zero-order valence-corrected chi connectivity index (χ0v) is 21.9. The molecule has 7 heteroatoms. The minimum Gasteiger partial charge on any atom is -0.444 e. The number of ether oxygens (including phenoxy) is 1. The lowest BCUT2D eigenvalue weighted by Gasteiger charge is -2.34. The first kappa shape index (κ1) is 28.5. The van der Waals surface area contributed by atoms with Gasteiger partial charge in [0.25, 0.3) is 0 Å². The number of carbonyl (C=O) groups is 3. The molecule has 0 aliphatic carbocycles. The third-order valence-electron chi connectivity index (χ3n) is 4.72. The number of hydrogen-bond acceptors (Lipinski definition) is 4. The van der Waals surface area contributed by atoms with E-state index in [0.29, 0.717) is 6.54 Å². The predicted molar refractivity (Wildman–Crippen MR) is 132 cm³/mol. The second-order valence-electron chi connectivity index (χ2n) is 10.7. The third kappa shape index (κ3) is 10.7. The first-order valence-corrected chi connectivity index (χ1v) is 11.8. The Balaban J connectivity index is 3.30. The van der Waals surface area contributed by atoms with Gasteiger partial charge in [0.15, 0.2) is 0 Å². The average molecular weight is 462 g/mol. The fraction of sp³-hybridized carbons (Fsp3) is 0.654. The average Bonchev–Trinajstić information content (AvgIpc) is 2.61. The van der Waals surface area contributed by atoms with Crippen molar-refractivity contribution in [2.24, 2.45) is 0 Å². The number of amides is 3. The second kappa shape index (κ2) is 12.1. The quantitative estimate of drug-likeness (QED) is 0.517. The molecule has 0 bridgehead atoms. The molecule has 1 unspecified atom stereocenters. The molecule has 186 valence electrons. The number of benzene rings is 1. The summed E-state index contributed by atoms with van der Waals surface area (Å²) in [5, 5.41) is 5.58. The summed E-state index contributed by atoms with van der Waals surface area (Å²) in [6, 6.07) is 5.13. The first-order valence-electron chi connectivity index (χ1n) is 11.8. The molecule has 0 heterocycles. The second-order valence-corrected chi connectivity index (χ2v) is 10.7. The minimum absolute atomic E-state index is 0.241. The molecule has 0 aromatic heterocycles. The van der Waals surface area contributed by atoms with E-state index < -0.39 is 23.3 Å². The number of unbranched alkanes of at least 4 members (excludes halogenated alkanes) is 2. The fourth-order valence-corrected chi connectivity index (χ4v) is 3.57. The van der Waals surface area contributed by atoms with Crippen LogP contribution in [0.25, 0.3) is 0 Å². The molecule has 7 nitrogen and oxygen atoms in total. The summed E-state index contributed by atoms with van der Waals surface area (Å²) >= 11 is 0. The minimum atomic E-state index is -0.799. The summed E-state index contributed by atoms with van der Waals surface area (Å²) in [6.45, 7) is 17.2. The molecule has 0 aliphatic rings. The molecule has 1 rings (SSSR count). The lowest BCUT2D eigenvalue weighted by Crippen LogP contribution is -2.51. The lowest BCUT2D eigenvalue weighted by atomic mass is 9.97. The van der Waals surface area contributed by atoms with Crippen LogP contribution < -0.4 is 10.6 Å². The van der Waals surface area contributed by atoms with E-state index in [0.717, 1.165) is 36.0 Å². The van der Waals surface area contributed by atoms with Gasteiger partial charge in [-0.3, -0.25) is 9.59 Å². The van der Waals surface area contributed by atoms with E-state index in [1.54, 1.807) is 25.7 Å². The number of rotatable bonds is 9. The van der Waals surface area contributed by atoms with Crippen LogP contribution >= 0.6 is 0 Å². The molecule has 0 aliphatic heterocycles. The molecule has 2 N–H and O–H groups in total. The van der Waals surface area contributed by atoms with Gasteiger partial charge in [0.1, 0.15) is 18.2 Å². The molecular formula is C26H43N3O4. The van der Waals surface area contributed by atoms with Crippen molar-refractivity contribution >= 4 is 17.9 Å². The Morgan fingerprint density at radius 1 is 0.970 bits per heavy atom. The maximum atomic E-state index is 13.5. The van der Waals surface area contributed by atoms with Crippen LogP contribution in [0, 0.1) is 13.8 Å². The highest BCUT2D eigenvalue weighted by molar-refractivity contribution is 5.90. The van der Waals surface area contributed by atoms with Gasteiger partial charge in [-0.15, -0.1) is 0 Å². The highest BCUT2D eigenvalue weighted by atomic mass is 16.6. The van der Waals surface area contributed by atoms with E-state index in [4.69, 9.17) is 4.74 Å². The Bertz CT molecular complexity index is 802. The van der Waals surface area contributed by atoms with Crippen LogP contribution in [0.4, 0.5) is 4.79 Å². The zero-order chi connectivity index (χ0) is 25.4. The summed E-state index contributed by atoms with van der Waals surface area (Å²) in [5.41, 5.74) is 1.68. The lowest BCUT2D eigenvalue weighted by molar-refractivity contribution is -0.141. The van der Waals surface area contributed by atoms with Crippen molar-refractivity contribution in [2.45, 2.75) is 98.8 Å². The van der Waals surface area contributed by atoms with Crippen molar-refractivity contribution in [2.75, 3.05) is 13.1 Å². The van der Waals surface area contributed by atoms with Crippen molar-refractivity contribution in [1.82, 2.24) is 15.5 Å². The van der Waals surface area contributed by atoms with Crippen LogP contribution in [0.1, 0.15) is 90.5 Å². The monoisotopic (exact) mass is 461 g/mol. The molecule has 0 saturated carbocycles. The Labute approximate surface area is 199 Å². The Hall–Kier alpha value is -2.57. The molecule has 1 aromatic rings. The van der Waals surface area contributed by atoms with Crippen LogP contribution in [0.15, 0.2) is 18.2 Å². The Kier molecular flexibility index (Phi) is 10.4. The van der Waals surface area contributed by atoms with Crippen LogP contribution in [0.5, 0.6) is 0 Å². The normalized spacial score (nSPS) is 12.6. The van der Waals surface area contributed by atoms with E-state index in [1.807, 2.05) is 52.8 Å². The number of nitrogens with one attached hydrogen (secondary N) is 2. The van der Waals surface area contributed by atoms with Gasteiger partial charge in [-0.05, 0) is 67.4 Å². The maximum Gasteiger partial charge on any atom is 0.408 e. The topological polar surface area (TPSA) is 87.7 Å². The molecular weight excluding hydrogens is 418 g/mol. The molecule has 33 heavy (non-hydrogen) atoms. The van der Waals surface area contributed by atoms with Gasteiger partial charge >= 0.3 is 6.09 Å². The van der Waals surface area contributed by atoms with Crippen LogP contribution in [-0.4, -0.2) is 47.0 Å². The molecule has 0 spiro atoms. The van der Waals surface area contributed by atoms with Gasteiger partial charge in [0.2, 0.25) is 11.8 Å². The summed E-state index contributed by atoms with van der Waals surface area (Å²) < 4.78 is 5.26. The maximum absolute atomic E-state index is 13.5. The molecule has 0 fully saturated rings. The van der Waals surface area contributed by atoms with Gasteiger partial charge < -0.3 is 20.3 Å². The highest BCUT2D eigenvalue weighted by Gasteiger charge is 2.33. The smallest absolute Gasteiger partial charge is 0.408 e. The molecule has 3 amide bonds. The van der Waals surface area contributed by atoms with Gasteiger partial charge in [-0.2, -0.15) is 0 Å². The molecule has 0 radical (unpaired) electrons. The highest BCUT2D eigenvalue weighted by Crippen LogP contribution is 2.25. The fourth-order valence-electron chi connectivity index (χ4n) is 3.57.